The number of amides is 1. The van der Waals surface area contributed by atoms with Gasteiger partial charge in [0.15, 0.2) is 14.6 Å². The molecule has 1 amide bonds. The highest BCUT2D eigenvalue weighted by atomic mass is 32.2. The number of carbonyl (C=O) groups excluding carboxylic acids is 1. The molecule has 1 spiro atoms. The first-order valence-electron chi connectivity index (χ1n) is 11.5. The Hall–Kier alpha value is -1.64. The van der Waals surface area contributed by atoms with E-state index in [-0.39, 0.29) is 23.2 Å². The highest BCUT2D eigenvalue weighted by Crippen LogP contribution is 2.54. The summed E-state index contributed by atoms with van der Waals surface area (Å²) in [5, 5.41) is 12.7. The summed E-state index contributed by atoms with van der Waals surface area (Å²) in [5.74, 6) is 0.389. The summed E-state index contributed by atoms with van der Waals surface area (Å²) in [4.78, 5) is 12.8. The second kappa shape index (κ2) is 9.08. The number of hydrogen-bond acceptors (Lipinski definition) is 6. The van der Waals surface area contributed by atoms with E-state index in [0.717, 1.165) is 25.9 Å². The van der Waals surface area contributed by atoms with Crippen molar-refractivity contribution in [2.24, 2.45) is 11.3 Å². The van der Waals surface area contributed by atoms with Gasteiger partial charge in [0.05, 0.1) is 11.5 Å². The molecule has 1 aliphatic heterocycles. The zero-order chi connectivity index (χ0) is 22.0. The number of hydroxylamine groups is 1. The van der Waals surface area contributed by atoms with E-state index in [9.17, 15) is 18.4 Å². The lowest BCUT2D eigenvalue weighted by Crippen LogP contribution is -2.51. The minimum absolute atomic E-state index is 0.104. The monoisotopic (exact) mass is 450 g/mol. The Morgan fingerprint density at radius 3 is 2.39 bits per heavy atom. The van der Waals surface area contributed by atoms with E-state index in [1.54, 1.807) is 17.6 Å². The fraction of sp³-hybridized carbons (Fsp3) is 0.696. The number of ether oxygens (including phenoxy) is 1. The first kappa shape index (κ1) is 22.6. The van der Waals surface area contributed by atoms with Crippen LogP contribution in [0.5, 0.6) is 5.75 Å². The first-order valence-corrected chi connectivity index (χ1v) is 13.0. The zero-order valence-corrected chi connectivity index (χ0v) is 18.9. The molecule has 1 atom stereocenters. The molecule has 1 aromatic rings. The molecule has 4 rings (SSSR count). The molecule has 3 N–H and O–H groups in total. The smallest absolute Gasteiger partial charge is 0.265 e. The van der Waals surface area contributed by atoms with Crippen molar-refractivity contribution in [1.29, 1.82) is 0 Å². The van der Waals surface area contributed by atoms with Crippen molar-refractivity contribution >= 4 is 15.7 Å². The molecule has 31 heavy (non-hydrogen) atoms. The minimum atomic E-state index is -3.99. The van der Waals surface area contributed by atoms with Crippen molar-refractivity contribution < 1.29 is 23.2 Å². The number of carbonyl (C=O) groups is 1. The Morgan fingerprint density at radius 1 is 1.06 bits per heavy atom. The third kappa shape index (κ3) is 4.34. The van der Waals surface area contributed by atoms with E-state index >= 15 is 0 Å². The highest BCUT2D eigenvalue weighted by Gasteiger charge is 2.60. The van der Waals surface area contributed by atoms with Gasteiger partial charge in [-0.2, -0.15) is 0 Å². The van der Waals surface area contributed by atoms with Gasteiger partial charge in [-0.1, -0.05) is 19.3 Å². The average molecular weight is 451 g/mol. The third-order valence-corrected chi connectivity index (χ3v) is 10.2. The predicted octanol–water partition coefficient (Wildman–Crippen LogP) is 3.22. The van der Waals surface area contributed by atoms with Crippen LogP contribution in [0.25, 0.3) is 0 Å². The lowest BCUT2D eigenvalue weighted by Gasteiger charge is -2.36. The average Bonchev–Trinajstić information content (AvgIpc) is 3.19. The summed E-state index contributed by atoms with van der Waals surface area (Å²) in [6.07, 6.45) is 8.99. The molecule has 2 saturated carbocycles. The lowest BCUT2D eigenvalue weighted by atomic mass is 9.77. The summed E-state index contributed by atoms with van der Waals surface area (Å²) in [6, 6.07) is 6.42. The number of benzene rings is 1. The summed E-state index contributed by atoms with van der Waals surface area (Å²) < 4.78 is 31.6. The zero-order valence-electron chi connectivity index (χ0n) is 18.1. The quantitative estimate of drug-likeness (QED) is 0.454. The van der Waals surface area contributed by atoms with E-state index in [4.69, 9.17) is 4.74 Å². The predicted molar refractivity (Wildman–Crippen MR) is 117 cm³/mol. The van der Waals surface area contributed by atoms with Gasteiger partial charge in [0.2, 0.25) is 0 Å². The summed E-state index contributed by atoms with van der Waals surface area (Å²) in [7, 11) is -3.99. The molecular formula is C23H34N2O5S. The number of nitrogens with one attached hydrogen (secondary N) is 2. The molecule has 2 aliphatic carbocycles. The Labute approximate surface area is 184 Å². The van der Waals surface area contributed by atoms with Crippen molar-refractivity contribution in [3.8, 4) is 5.75 Å². The first-order chi connectivity index (χ1) is 14.9. The van der Waals surface area contributed by atoms with E-state index < -0.39 is 20.5 Å². The van der Waals surface area contributed by atoms with Crippen molar-refractivity contribution in [1.82, 2.24) is 10.8 Å². The molecule has 1 heterocycles. The molecule has 3 fully saturated rings. The largest absolute Gasteiger partial charge is 0.493 e. The van der Waals surface area contributed by atoms with Gasteiger partial charge in [-0.25, -0.2) is 13.9 Å². The fourth-order valence-corrected chi connectivity index (χ4v) is 7.89. The number of hydrogen-bond donors (Lipinski definition) is 3. The molecule has 8 heteroatoms. The molecule has 0 bridgehead atoms. The van der Waals surface area contributed by atoms with Crippen LogP contribution in [0.3, 0.4) is 0 Å². The van der Waals surface area contributed by atoms with Crippen LogP contribution in [0.4, 0.5) is 0 Å². The molecular weight excluding hydrogens is 416 g/mol. The van der Waals surface area contributed by atoms with Crippen LogP contribution >= 0.6 is 0 Å². The third-order valence-electron chi connectivity index (χ3n) is 7.76. The van der Waals surface area contributed by atoms with E-state index in [1.165, 1.54) is 44.2 Å². The Kier molecular flexibility index (Phi) is 6.60. The van der Waals surface area contributed by atoms with Gasteiger partial charge in [0.1, 0.15) is 5.75 Å². The fourth-order valence-electron chi connectivity index (χ4n) is 5.79. The van der Waals surface area contributed by atoms with E-state index in [0.29, 0.717) is 24.7 Å². The SMILES string of the molecule is O=C(NO)C1(S(=O)(=O)c2ccc(OCC3CCCCC3)cc2)CCC2(CCNCC2)C1. The Bertz CT molecular complexity index is 874. The number of sulfone groups is 1. The maximum absolute atomic E-state index is 13.7. The van der Waals surface area contributed by atoms with E-state index in [1.807, 2.05) is 0 Å². The van der Waals surface area contributed by atoms with Gasteiger partial charge in [0.25, 0.3) is 5.91 Å². The van der Waals surface area contributed by atoms with Gasteiger partial charge >= 0.3 is 0 Å². The van der Waals surface area contributed by atoms with Crippen LogP contribution in [0.15, 0.2) is 29.2 Å². The molecule has 1 unspecified atom stereocenters. The highest BCUT2D eigenvalue weighted by molar-refractivity contribution is 7.93. The summed E-state index contributed by atoms with van der Waals surface area (Å²) in [5.41, 5.74) is 1.48. The summed E-state index contributed by atoms with van der Waals surface area (Å²) >= 11 is 0. The topological polar surface area (TPSA) is 105 Å². The van der Waals surface area contributed by atoms with Crippen LogP contribution in [0, 0.1) is 11.3 Å². The Morgan fingerprint density at radius 2 is 1.74 bits per heavy atom. The van der Waals surface area contributed by atoms with Crippen LogP contribution < -0.4 is 15.5 Å². The number of rotatable bonds is 6. The van der Waals surface area contributed by atoms with Crippen LogP contribution in [-0.4, -0.2) is 44.0 Å². The second-order valence-corrected chi connectivity index (χ2v) is 11.9. The maximum atomic E-state index is 13.7. The molecule has 0 aromatic heterocycles. The van der Waals surface area contributed by atoms with Crippen molar-refractivity contribution in [2.45, 2.75) is 73.9 Å². The maximum Gasteiger partial charge on any atom is 0.265 e. The van der Waals surface area contributed by atoms with Gasteiger partial charge in [-0.15, -0.1) is 0 Å². The van der Waals surface area contributed by atoms with Crippen molar-refractivity contribution in [3.63, 3.8) is 0 Å². The van der Waals surface area contributed by atoms with Gasteiger partial charge in [-0.3, -0.25) is 10.0 Å². The standard InChI is InChI=1S/C23H34N2O5S/c26-21(25-27)23(11-10-22(17-23)12-14-24-15-13-22)31(28,29)20-8-6-19(7-9-20)30-16-18-4-2-1-3-5-18/h6-9,18,24,27H,1-5,10-17H2,(H,25,26). The van der Waals surface area contributed by atoms with Crippen molar-refractivity contribution in [3.05, 3.63) is 24.3 Å². The molecule has 1 aromatic carbocycles. The summed E-state index contributed by atoms with van der Waals surface area (Å²) in [6.45, 7) is 2.30. The van der Waals surface area contributed by atoms with Crippen molar-refractivity contribution in [2.75, 3.05) is 19.7 Å². The van der Waals surface area contributed by atoms with Crippen LogP contribution in [0.2, 0.25) is 0 Å². The number of piperidine rings is 1. The minimum Gasteiger partial charge on any atom is -0.493 e. The molecule has 3 aliphatic rings. The molecule has 1 saturated heterocycles. The van der Waals surface area contributed by atoms with E-state index in [2.05, 4.69) is 5.32 Å². The normalized spacial score (nSPS) is 26.6. The van der Waals surface area contributed by atoms with Crippen LogP contribution in [0.1, 0.15) is 64.2 Å². The van der Waals surface area contributed by atoms with Crippen LogP contribution in [-0.2, 0) is 14.6 Å². The van der Waals surface area contributed by atoms with Gasteiger partial charge < -0.3 is 10.1 Å². The van der Waals surface area contributed by atoms with Gasteiger partial charge in [-0.05, 0) is 93.6 Å². The lowest BCUT2D eigenvalue weighted by molar-refractivity contribution is -0.132. The van der Waals surface area contributed by atoms with Gasteiger partial charge in [0, 0.05) is 0 Å². The second-order valence-electron chi connectivity index (χ2n) is 9.65. The molecule has 7 nitrogen and oxygen atoms in total. The molecule has 0 radical (unpaired) electrons. The molecule has 172 valence electrons. The Balaban J connectivity index is 1.52.